The second-order valence-electron chi connectivity index (χ2n) is 17.0. The molecule has 6 unspecified atom stereocenters. The van der Waals surface area contributed by atoms with Gasteiger partial charge in [0.05, 0.1) is 36.6 Å². The first-order chi connectivity index (χ1) is 27.9. The van der Waals surface area contributed by atoms with Gasteiger partial charge in [0.15, 0.2) is 28.8 Å². The fraction of sp³-hybridized carbons (Fsp3) is 0.745. The van der Waals surface area contributed by atoms with Crippen molar-refractivity contribution in [2.45, 2.75) is 248 Å². The van der Waals surface area contributed by atoms with E-state index in [1.807, 2.05) is 18.2 Å². The molecule has 0 spiro atoms. The molecule has 0 bridgehead atoms. The Morgan fingerprint density at radius 2 is 0.793 bits per heavy atom. The van der Waals surface area contributed by atoms with Gasteiger partial charge in [-0.2, -0.15) is 0 Å². The Morgan fingerprint density at radius 1 is 0.448 bits per heavy atom. The molecule has 332 valence electrons. The first-order valence-corrected chi connectivity index (χ1v) is 23.8. The summed E-state index contributed by atoms with van der Waals surface area (Å²) in [7, 11) is 0. The van der Waals surface area contributed by atoms with E-state index in [0.29, 0.717) is 35.0 Å². The molecule has 0 fully saturated rings. The molecule has 0 saturated carbocycles. The van der Waals surface area contributed by atoms with Gasteiger partial charge in [-0.15, -0.1) is 0 Å². The molecule has 0 heterocycles. The molecule has 2 rings (SSSR count). The fourth-order valence-corrected chi connectivity index (χ4v) is 7.16. The lowest BCUT2D eigenvalue weighted by Gasteiger charge is -2.28. The molecular weight excluding hydrogens is 725 g/mol. The average Bonchev–Trinajstić information content (AvgIpc) is 3.20. The second kappa shape index (κ2) is 29.2. The maximum absolute atomic E-state index is 15.2. The van der Waals surface area contributed by atoms with E-state index in [1.54, 1.807) is 0 Å². The number of ketones is 1. The van der Waals surface area contributed by atoms with Gasteiger partial charge >= 0.3 is 0 Å². The summed E-state index contributed by atoms with van der Waals surface area (Å²) in [4.78, 5) is 15.2. The summed E-state index contributed by atoms with van der Waals surface area (Å²) in [5.74, 6) is 3.56. The van der Waals surface area contributed by atoms with Crippen LogP contribution in [0.25, 0.3) is 0 Å². The van der Waals surface area contributed by atoms with Gasteiger partial charge in [-0.1, -0.05) is 119 Å². The van der Waals surface area contributed by atoms with E-state index in [-0.39, 0.29) is 48.8 Å². The van der Waals surface area contributed by atoms with Crippen LogP contribution in [0.3, 0.4) is 0 Å². The topological polar surface area (TPSA) is 72.5 Å². The number of hydrogen-bond acceptors (Lipinski definition) is 7. The van der Waals surface area contributed by atoms with Crippen LogP contribution in [0.4, 0.5) is 0 Å². The van der Waals surface area contributed by atoms with E-state index in [2.05, 4.69) is 89.2 Å². The van der Waals surface area contributed by atoms with Crippen molar-refractivity contribution in [3.05, 3.63) is 35.4 Å². The Kier molecular flexibility index (Phi) is 25.7. The van der Waals surface area contributed by atoms with Gasteiger partial charge in [-0.05, 0) is 110 Å². The van der Waals surface area contributed by atoms with Crippen molar-refractivity contribution < 1.29 is 33.2 Å². The zero-order valence-electron chi connectivity index (χ0n) is 39.3. The predicted octanol–water partition coefficient (Wildman–Crippen LogP) is 15.2. The van der Waals surface area contributed by atoms with Crippen molar-refractivity contribution >= 4 is 5.78 Å². The minimum Gasteiger partial charge on any atom is -0.491 e. The second-order valence-corrected chi connectivity index (χ2v) is 17.0. The van der Waals surface area contributed by atoms with E-state index in [4.69, 9.17) is 28.4 Å². The van der Waals surface area contributed by atoms with Gasteiger partial charge in [0.1, 0.15) is 17.1 Å². The number of carbonyl (C=O) groups is 1. The largest absolute Gasteiger partial charge is 0.491 e. The molecular formula is C51H86O7. The van der Waals surface area contributed by atoms with Crippen molar-refractivity contribution in [3.8, 4) is 34.5 Å². The number of carbonyl (C=O) groups excluding carboxylic acids is 1. The third kappa shape index (κ3) is 18.9. The number of benzene rings is 2. The summed E-state index contributed by atoms with van der Waals surface area (Å²) < 4.78 is 40.2. The Morgan fingerprint density at radius 3 is 1.17 bits per heavy atom. The minimum absolute atomic E-state index is 0.0526. The average molecular weight is 811 g/mol. The predicted molar refractivity (Wildman–Crippen MR) is 243 cm³/mol. The SMILES string of the molecule is CCCCC(C)Oc1ccc(OC(C)CCCC)c(CCC(=O)c2c(OC(C)CCCC)c(OC(C)CCCC)cc(OC(C)CCCC)c2OC(C)CCCC)c1. The number of Topliss-reactive ketones (excluding diaryl/α,β-unsaturated/α-hetero) is 1. The molecule has 7 heteroatoms. The summed E-state index contributed by atoms with van der Waals surface area (Å²) in [6, 6.07) is 8.04. The zero-order valence-corrected chi connectivity index (χ0v) is 39.3. The monoisotopic (exact) mass is 811 g/mol. The summed E-state index contributed by atoms with van der Waals surface area (Å²) >= 11 is 0. The van der Waals surface area contributed by atoms with Gasteiger partial charge in [0, 0.05) is 12.5 Å². The van der Waals surface area contributed by atoms with E-state index >= 15 is 4.79 Å². The smallest absolute Gasteiger partial charge is 0.176 e. The number of ether oxygens (including phenoxy) is 6. The van der Waals surface area contributed by atoms with Crippen molar-refractivity contribution in [2.24, 2.45) is 0 Å². The molecule has 2 aromatic carbocycles. The summed E-state index contributed by atoms with van der Waals surface area (Å²) in [5, 5.41) is 0. The third-order valence-corrected chi connectivity index (χ3v) is 10.8. The lowest BCUT2D eigenvalue weighted by atomic mass is 9.98. The van der Waals surface area contributed by atoms with Gasteiger partial charge < -0.3 is 28.4 Å². The first kappa shape index (κ1) is 51.1. The maximum Gasteiger partial charge on any atom is 0.176 e. The first-order valence-electron chi connectivity index (χ1n) is 23.8. The minimum atomic E-state index is -0.131. The maximum atomic E-state index is 15.2. The van der Waals surface area contributed by atoms with Crippen LogP contribution in [0.1, 0.15) is 221 Å². The van der Waals surface area contributed by atoms with E-state index in [9.17, 15) is 0 Å². The molecule has 0 aliphatic heterocycles. The Labute approximate surface area is 356 Å². The highest BCUT2D eigenvalue weighted by molar-refractivity contribution is 6.03. The number of aryl methyl sites for hydroxylation is 1. The Bertz CT molecular complexity index is 1350. The molecule has 0 aliphatic rings. The number of unbranched alkanes of at least 4 members (excludes halogenated alkanes) is 6. The fourth-order valence-electron chi connectivity index (χ4n) is 7.16. The lowest BCUT2D eigenvalue weighted by molar-refractivity contribution is 0.0956. The van der Waals surface area contributed by atoms with Crippen LogP contribution in [0.2, 0.25) is 0 Å². The van der Waals surface area contributed by atoms with Gasteiger partial charge in [0.25, 0.3) is 0 Å². The van der Waals surface area contributed by atoms with Crippen molar-refractivity contribution in [1.29, 1.82) is 0 Å². The molecule has 0 amide bonds. The van der Waals surface area contributed by atoms with Crippen molar-refractivity contribution in [1.82, 2.24) is 0 Å². The van der Waals surface area contributed by atoms with E-state index < -0.39 is 0 Å². The van der Waals surface area contributed by atoms with Crippen LogP contribution in [0.5, 0.6) is 34.5 Å². The molecule has 6 atom stereocenters. The molecule has 7 nitrogen and oxygen atoms in total. The van der Waals surface area contributed by atoms with Gasteiger partial charge in [0.2, 0.25) is 0 Å². The summed E-state index contributed by atoms with van der Waals surface area (Å²) in [5.41, 5.74) is 1.38. The molecule has 58 heavy (non-hydrogen) atoms. The number of hydrogen-bond donors (Lipinski definition) is 0. The van der Waals surface area contributed by atoms with Crippen molar-refractivity contribution in [2.75, 3.05) is 0 Å². The highest BCUT2D eigenvalue weighted by atomic mass is 16.5. The quantitative estimate of drug-likeness (QED) is 0.0652. The lowest BCUT2D eigenvalue weighted by Crippen LogP contribution is -2.22. The Balaban J connectivity index is 2.82. The molecule has 2 aromatic rings. The third-order valence-electron chi connectivity index (χ3n) is 10.8. The van der Waals surface area contributed by atoms with Crippen LogP contribution >= 0.6 is 0 Å². The van der Waals surface area contributed by atoms with Gasteiger partial charge in [-0.3, -0.25) is 4.79 Å². The van der Waals surface area contributed by atoms with Crippen LogP contribution < -0.4 is 28.4 Å². The van der Waals surface area contributed by atoms with Crippen LogP contribution in [0, 0.1) is 0 Å². The normalized spacial score (nSPS) is 14.6. The molecule has 0 aromatic heterocycles. The van der Waals surface area contributed by atoms with Crippen LogP contribution in [0.15, 0.2) is 24.3 Å². The highest BCUT2D eigenvalue weighted by Gasteiger charge is 2.31. The van der Waals surface area contributed by atoms with E-state index in [1.165, 1.54) is 0 Å². The van der Waals surface area contributed by atoms with Crippen molar-refractivity contribution in [3.63, 3.8) is 0 Å². The zero-order chi connectivity index (χ0) is 42.9. The molecule has 0 saturated heterocycles. The molecule has 0 N–H and O–H groups in total. The van der Waals surface area contributed by atoms with Gasteiger partial charge in [-0.25, -0.2) is 0 Å². The molecule has 0 aliphatic carbocycles. The van der Waals surface area contributed by atoms with Crippen LogP contribution in [-0.4, -0.2) is 42.4 Å². The summed E-state index contributed by atoms with van der Waals surface area (Å²) in [6.45, 7) is 25.8. The highest BCUT2D eigenvalue weighted by Crippen LogP contribution is 2.48. The van der Waals surface area contributed by atoms with E-state index in [0.717, 1.165) is 133 Å². The molecule has 0 radical (unpaired) electrons. The number of rotatable bonds is 34. The summed E-state index contributed by atoms with van der Waals surface area (Å²) in [6.07, 6.45) is 18.8. The van der Waals surface area contributed by atoms with Crippen LogP contribution in [-0.2, 0) is 6.42 Å². The Hall–Kier alpha value is -3.09. The standard InChI is InChI=1S/C51H86O7/c1-13-19-25-37(7)53-44-32-34-46(54-38(8)26-20-14-2)43(35-44)31-33-45(52)49-50(57-41(11)29-23-17-5)47(55-39(9)27-21-15-3)36-48(56-40(10)28-22-16-4)51(49)58-42(12)30-24-18-6/h32,34-42H,13-31,33H2,1-12H3.